The molecule has 0 radical (unpaired) electrons. The molecule has 2 aromatic rings. The number of esters is 1. The van der Waals surface area contributed by atoms with Gasteiger partial charge in [-0.3, -0.25) is 0 Å². The van der Waals surface area contributed by atoms with Gasteiger partial charge in [0, 0.05) is 6.08 Å². The minimum absolute atomic E-state index is 0.0479. The molecule has 0 atom stereocenters. The number of phenolic OH excluding ortho intramolecular Hbond substituents is 1. The maximum atomic E-state index is 11.7. The van der Waals surface area contributed by atoms with E-state index in [1.54, 1.807) is 25.3 Å². The predicted octanol–water partition coefficient (Wildman–Crippen LogP) is 3.17. The number of rotatable bonds is 6. The molecule has 0 aliphatic heterocycles. The fourth-order valence-corrected chi connectivity index (χ4v) is 1.89. The minimum atomic E-state index is -0.451. The van der Waals surface area contributed by atoms with Gasteiger partial charge >= 0.3 is 5.97 Å². The second kappa shape index (κ2) is 7.89. The molecule has 0 unspecified atom stereocenters. The van der Waals surface area contributed by atoms with E-state index in [1.807, 2.05) is 24.3 Å². The molecular formula is C18H18O5. The Balaban J connectivity index is 1.90. The number of carbonyl (C=O) groups excluding carboxylic acids is 1. The van der Waals surface area contributed by atoms with Crippen LogP contribution in [0.4, 0.5) is 0 Å². The van der Waals surface area contributed by atoms with E-state index in [1.165, 1.54) is 19.3 Å². The maximum Gasteiger partial charge on any atom is 0.331 e. The van der Waals surface area contributed by atoms with Crippen molar-refractivity contribution in [3.63, 3.8) is 0 Å². The number of carbonyl (C=O) groups is 1. The van der Waals surface area contributed by atoms with Gasteiger partial charge in [0.25, 0.3) is 0 Å². The van der Waals surface area contributed by atoms with E-state index in [9.17, 15) is 9.90 Å². The molecular weight excluding hydrogens is 296 g/mol. The van der Waals surface area contributed by atoms with Crippen LogP contribution in [-0.4, -0.2) is 25.3 Å². The third kappa shape index (κ3) is 4.78. The van der Waals surface area contributed by atoms with E-state index in [0.29, 0.717) is 5.75 Å². The minimum Gasteiger partial charge on any atom is -0.504 e. The lowest BCUT2D eigenvalue weighted by atomic mass is 10.2. The Kier molecular flexibility index (Phi) is 5.63. The summed E-state index contributed by atoms with van der Waals surface area (Å²) in [7, 11) is 3.06. The molecule has 23 heavy (non-hydrogen) atoms. The number of phenols is 1. The average Bonchev–Trinajstić information content (AvgIpc) is 2.59. The highest BCUT2D eigenvalue weighted by Gasteiger charge is 2.02. The third-order valence-electron chi connectivity index (χ3n) is 3.16. The fourth-order valence-electron chi connectivity index (χ4n) is 1.89. The van der Waals surface area contributed by atoms with Gasteiger partial charge in [-0.15, -0.1) is 0 Å². The summed E-state index contributed by atoms with van der Waals surface area (Å²) in [5.41, 5.74) is 1.60. The molecule has 0 saturated carbocycles. The summed E-state index contributed by atoms with van der Waals surface area (Å²) in [5, 5.41) is 9.51. The van der Waals surface area contributed by atoms with Crippen LogP contribution in [0.25, 0.3) is 6.08 Å². The lowest BCUT2D eigenvalue weighted by Crippen LogP contribution is -2.00. The van der Waals surface area contributed by atoms with Crippen molar-refractivity contribution in [3.05, 3.63) is 59.7 Å². The van der Waals surface area contributed by atoms with Crippen molar-refractivity contribution in [2.75, 3.05) is 14.2 Å². The second-order valence-corrected chi connectivity index (χ2v) is 4.72. The number of hydrogen-bond acceptors (Lipinski definition) is 5. The van der Waals surface area contributed by atoms with Crippen molar-refractivity contribution in [1.29, 1.82) is 0 Å². The Morgan fingerprint density at radius 3 is 2.48 bits per heavy atom. The number of aromatic hydroxyl groups is 1. The largest absolute Gasteiger partial charge is 0.504 e. The van der Waals surface area contributed by atoms with Crippen molar-refractivity contribution < 1.29 is 24.1 Å². The van der Waals surface area contributed by atoms with Crippen molar-refractivity contribution in [3.8, 4) is 17.2 Å². The normalized spacial score (nSPS) is 10.5. The van der Waals surface area contributed by atoms with Crippen LogP contribution in [0.3, 0.4) is 0 Å². The Hall–Kier alpha value is -2.95. The van der Waals surface area contributed by atoms with Crippen LogP contribution in [0.5, 0.6) is 17.2 Å². The summed E-state index contributed by atoms with van der Waals surface area (Å²) in [6, 6.07) is 12.1. The van der Waals surface area contributed by atoms with Gasteiger partial charge in [-0.25, -0.2) is 4.79 Å². The zero-order valence-corrected chi connectivity index (χ0v) is 13.0. The van der Waals surface area contributed by atoms with Crippen LogP contribution in [0, 0.1) is 0 Å². The summed E-state index contributed by atoms with van der Waals surface area (Å²) < 4.78 is 15.2. The standard InChI is InChI=1S/C18H18O5/c1-21-15-7-3-14(4-8-15)12-23-18(20)10-6-13-5-9-16(19)17(11-13)22-2/h3-11,19H,12H2,1-2H3/b10-6+. The summed E-state index contributed by atoms with van der Waals surface area (Å²) in [4.78, 5) is 11.7. The lowest BCUT2D eigenvalue weighted by molar-refractivity contribution is -0.138. The van der Waals surface area contributed by atoms with Gasteiger partial charge in [0.15, 0.2) is 11.5 Å². The molecule has 2 rings (SSSR count). The van der Waals surface area contributed by atoms with Gasteiger partial charge in [0.2, 0.25) is 0 Å². The molecule has 120 valence electrons. The van der Waals surface area contributed by atoms with Crippen LogP contribution >= 0.6 is 0 Å². The number of methoxy groups -OCH3 is 2. The first-order valence-electron chi connectivity index (χ1n) is 6.97. The molecule has 2 aromatic carbocycles. The molecule has 0 aliphatic carbocycles. The monoisotopic (exact) mass is 314 g/mol. The maximum absolute atomic E-state index is 11.7. The Labute approximate surface area is 134 Å². The van der Waals surface area contributed by atoms with Gasteiger partial charge in [-0.05, 0) is 41.5 Å². The first-order valence-corrected chi connectivity index (χ1v) is 6.97. The molecule has 5 heteroatoms. The van der Waals surface area contributed by atoms with Gasteiger partial charge in [0.1, 0.15) is 12.4 Å². The molecule has 0 amide bonds. The number of hydrogen-bond donors (Lipinski definition) is 1. The fraction of sp³-hybridized carbons (Fsp3) is 0.167. The Bertz CT molecular complexity index is 689. The SMILES string of the molecule is COc1ccc(COC(=O)/C=C/c2ccc(O)c(OC)c2)cc1. The quantitative estimate of drug-likeness (QED) is 0.655. The first kappa shape index (κ1) is 16.4. The Morgan fingerprint density at radius 1 is 1.09 bits per heavy atom. The van der Waals surface area contributed by atoms with E-state index < -0.39 is 5.97 Å². The molecule has 0 fully saturated rings. The third-order valence-corrected chi connectivity index (χ3v) is 3.16. The zero-order valence-electron chi connectivity index (χ0n) is 13.0. The molecule has 0 saturated heterocycles. The summed E-state index contributed by atoms with van der Waals surface area (Å²) in [5.74, 6) is 0.694. The van der Waals surface area contributed by atoms with Crippen molar-refractivity contribution in [1.82, 2.24) is 0 Å². The van der Waals surface area contributed by atoms with Crippen LogP contribution < -0.4 is 9.47 Å². The zero-order chi connectivity index (χ0) is 16.7. The molecule has 0 aliphatic rings. The molecule has 0 spiro atoms. The van der Waals surface area contributed by atoms with Crippen molar-refractivity contribution >= 4 is 12.0 Å². The highest BCUT2D eigenvalue weighted by Crippen LogP contribution is 2.26. The number of benzene rings is 2. The highest BCUT2D eigenvalue weighted by atomic mass is 16.5. The van der Waals surface area contributed by atoms with Crippen LogP contribution in [0.2, 0.25) is 0 Å². The summed E-state index contributed by atoms with van der Waals surface area (Å²) in [6.07, 6.45) is 2.92. The van der Waals surface area contributed by atoms with E-state index in [-0.39, 0.29) is 12.4 Å². The van der Waals surface area contributed by atoms with Gasteiger partial charge in [-0.1, -0.05) is 18.2 Å². The average molecular weight is 314 g/mol. The Morgan fingerprint density at radius 2 is 1.83 bits per heavy atom. The summed E-state index contributed by atoms with van der Waals surface area (Å²) in [6.45, 7) is 0.187. The van der Waals surface area contributed by atoms with Crippen LogP contribution in [0.1, 0.15) is 11.1 Å². The van der Waals surface area contributed by atoms with E-state index >= 15 is 0 Å². The molecule has 1 N–H and O–H groups in total. The lowest BCUT2D eigenvalue weighted by Gasteiger charge is -2.05. The predicted molar refractivity (Wildman–Crippen MR) is 86.5 cm³/mol. The molecule has 0 heterocycles. The number of ether oxygens (including phenoxy) is 3. The van der Waals surface area contributed by atoms with E-state index in [0.717, 1.165) is 16.9 Å². The van der Waals surface area contributed by atoms with Gasteiger partial charge < -0.3 is 19.3 Å². The second-order valence-electron chi connectivity index (χ2n) is 4.72. The first-order chi connectivity index (χ1) is 11.1. The van der Waals surface area contributed by atoms with Gasteiger partial charge in [0.05, 0.1) is 14.2 Å². The summed E-state index contributed by atoms with van der Waals surface area (Å²) >= 11 is 0. The van der Waals surface area contributed by atoms with Gasteiger partial charge in [-0.2, -0.15) is 0 Å². The van der Waals surface area contributed by atoms with Crippen molar-refractivity contribution in [2.45, 2.75) is 6.61 Å². The van der Waals surface area contributed by atoms with E-state index in [2.05, 4.69) is 0 Å². The molecule has 0 aromatic heterocycles. The van der Waals surface area contributed by atoms with Crippen LogP contribution in [-0.2, 0) is 16.1 Å². The smallest absolute Gasteiger partial charge is 0.331 e. The van der Waals surface area contributed by atoms with Crippen molar-refractivity contribution in [2.24, 2.45) is 0 Å². The van der Waals surface area contributed by atoms with Crippen LogP contribution in [0.15, 0.2) is 48.5 Å². The molecule has 5 nitrogen and oxygen atoms in total. The topological polar surface area (TPSA) is 65.0 Å². The highest BCUT2D eigenvalue weighted by molar-refractivity contribution is 5.87. The van der Waals surface area contributed by atoms with E-state index in [4.69, 9.17) is 14.2 Å². The molecule has 0 bridgehead atoms.